The first-order valence-corrected chi connectivity index (χ1v) is 6.93. The van der Waals surface area contributed by atoms with Gasteiger partial charge in [-0.3, -0.25) is 0 Å². The van der Waals surface area contributed by atoms with Crippen molar-refractivity contribution in [2.45, 2.75) is 51.1 Å². The maximum atomic E-state index is 3.85. The molecule has 0 aromatic heterocycles. The third-order valence-corrected chi connectivity index (χ3v) is 4.12. The molecule has 0 spiro atoms. The zero-order valence-corrected chi connectivity index (χ0v) is 10.6. The number of rotatable bonds is 2. The van der Waals surface area contributed by atoms with Gasteiger partial charge in [0.2, 0.25) is 0 Å². The number of fused-ring (bicyclic) bond motifs is 1. The minimum Gasteiger partial charge on any atom is -0.385 e. The lowest BCUT2D eigenvalue weighted by Gasteiger charge is -2.30. The molecule has 1 heterocycles. The molecule has 0 radical (unpaired) electrons. The van der Waals surface area contributed by atoms with Crippen molar-refractivity contribution in [2.24, 2.45) is 0 Å². The van der Waals surface area contributed by atoms with Gasteiger partial charge in [0.15, 0.2) is 0 Å². The van der Waals surface area contributed by atoms with Crippen molar-refractivity contribution in [3.05, 3.63) is 29.3 Å². The summed E-state index contributed by atoms with van der Waals surface area (Å²) in [6, 6.07) is 8.12. The van der Waals surface area contributed by atoms with E-state index in [4.69, 9.17) is 0 Å². The molecule has 2 N–H and O–H groups in total. The molecule has 3 rings (SSSR count). The van der Waals surface area contributed by atoms with E-state index >= 15 is 0 Å². The van der Waals surface area contributed by atoms with Crippen molar-refractivity contribution < 1.29 is 0 Å². The molecule has 1 saturated carbocycles. The molecule has 17 heavy (non-hydrogen) atoms. The highest BCUT2D eigenvalue weighted by molar-refractivity contribution is 5.56. The van der Waals surface area contributed by atoms with Gasteiger partial charge in [0.05, 0.1) is 0 Å². The van der Waals surface area contributed by atoms with E-state index in [9.17, 15) is 0 Å². The summed E-state index contributed by atoms with van der Waals surface area (Å²) in [5, 5.41) is 7.37. The second kappa shape index (κ2) is 4.69. The fourth-order valence-corrected chi connectivity index (χ4v) is 3.18. The Balaban J connectivity index is 1.78. The van der Waals surface area contributed by atoms with E-state index in [0.29, 0.717) is 6.04 Å². The second-order valence-corrected chi connectivity index (χ2v) is 5.51. The molecule has 1 aromatic rings. The highest BCUT2D eigenvalue weighted by Gasteiger charge is 2.24. The summed E-state index contributed by atoms with van der Waals surface area (Å²) in [5.74, 6) is 0. The predicted octanol–water partition coefficient (Wildman–Crippen LogP) is 3.38. The normalized spacial score (nSPS) is 24.4. The van der Waals surface area contributed by atoms with Crippen molar-refractivity contribution >= 4 is 5.69 Å². The molecule has 2 heteroatoms. The number of nitrogens with one attached hydrogen (secondary N) is 2. The van der Waals surface area contributed by atoms with Gasteiger partial charge < -0.3 is 10.6 Å². The van der Waals surface area contributed by atoms with Gasteiger partial charge in [0.1, 0.15) is 0 Å². The van der Waals surface area contributed by atoms with E-state index in [-0.39, 0.29) is 0 Å². The van der Waals surface area contributed by atoms with E-state index in [1.165, 1.54) is 48.9 Å². The maximum Gasteiger partial charge on any atom is 0.0391 e. The van der Waals surface area contributed by atoms with Crippen LogP contribution in [-0.2, 0) is 0 Å². The van der Waals surface area contributed by atoms with Crippen LogP contribution in [0, 0.1) is 6.92 Å². The fraction of sp³-hybridized carbons (Fsp3) is 0.600. The summed E-state index contributed by atoms with van der Waals surface area (Å²) in [6.45, 7) is 3.26. The predicted molar refractivity (Wildman–Crippen MR) is 72.4 cm³/mol. The number of benzene rings is 1. The van der Waals surface area contributed by atoms with Crippen molar-refractivity contribution in [3.8, 4) is 0 Å². The zero-order valence-electron chi connectivity index (χ0n) is 10.6. The molecule has 0 saturated heterocycles. The first-order chi connectivity index (χ1) is 8.33. The SMILES string of the molecule is Cc1ccc2c(c1)NCCC2NC1CCCC1. The minimum absolute atomic E-state index is 0.565. The molecular formula is C15H22N2. The van der Waals surface area contributed by atoms with Crippen LogP contribution < -0.4 is 10.6 Å². The lowest BCUT2D eigenvalue weighted by atomic mass is 9.95. The van der Waals surface area contributed by atoms with Crippen LogP contribution in [0.5, 0.6) is 0 Å². The van der Waals surface area contributed by atoms with Gasteiger partial charge in [-0.2, -0.15) is 0 Å². The Bertz CT molecular complexity index is 394. The summed E-state index contributed by atoms with van der Waals surface area (Å²) in [4.78, 5) is 0. The Morgan fingerprint density at radius 1 is 1.18 bits per heavy atom. The molecule has 1 aliphatic carbocycles. The molecule has 0 bridgehead atoms. The molecule has 1 aliphatic heterocycles. The Labute approximate surface area is 104 Å². The lowest BCUT2D eigenvalue weighted by Crippen LogP contribution is -2.34. The molecular weight excluding hydrogens is 208 g/mol. The zero-order chi connectivity index (χ0) is 11.7. The smallest absolute Gasteiger partial charge is 0.0391 e. The molecule has 1 unspecified atom stereocenters. The molecule has 1 aromatic carbocycles. The quantitative estimate of drug-likeness (QED) is 0.814. The Kier molecular flexibility index (Phi) is 3.06. The number of anilines is 1. The highest BCUT2D eigenvalue weighted by Crippen LogP contribution is 2.32. The van der Waals surface area contributed by atoms with Crippen molar-refractivity contribution in [2.75, 3.05) is 11.9 Å². The van der Waals surface area contributed by atoms with Crippen LogP contribution in [0.25, 0.3) is 0 Å². The van der Waals surface area contributed by atoms with Crippen LogP contribution in [0.3, 0.4) is 0 Å². The third kappa shape index (κ3) is 2.32. The van der Waals surface area contributed by atoms with Gasteiger partial charge in [0, 0.05) is 24.3 Å². The van der Waals surface area contributed by atoms with Crippen LogP contribution in [-0.4, -0.2) is 12.6 Å². The minimum atomic E-state index is 0.565. The van der Waals surface area contributed by atoms with Gasteiger partial charge >= 0.3 is 0 Å². The average Bonchev–Trinajstić information content (AvgIpc) is 2.82. The third-order valence-electron chi connectivity index (χ3n) is 4.12. The maximum absolute atomic E-state index is 3.85. The van der Waals surface area contributed by atoms with E-state index < -0.39 is 0 Å². The van der Waals surface area contributed by atoms with Gasteiger partial charge in [-0.1, -0.05) is 25.0 Å². The summed E-state index contributed by atoms with van der Waals surface area (Å²) in [5.41, 5.74) is 4.15. The molecule has 0 amide bonds. The molecule has 2 aliphatic rings. The molecule has 1 fully saturated rings. The number of hydrogen-bond acceptors (Lipinski definition) is 2. The van der Waals surface area contributed by atoms with Crippen molar-refractivity contribution in [1.82, 2.24) is 5.32 Å². The first kappa shape index (κ1) is 11.1. The monoisotopic (exact) mass is 230 g/mol. The Morgan fingerprint density at radius 3 is 2.82 bits per heavy atom. The van der Waals surface area contributed by atoms with E-state index in [0.717, 1.165) is 12.6 Å². The Hall–Kier alpha value is -1.02. The van der Waals surface area contributed by atoms with Gasteiger partial charge in [-0.05, 0) is 43.4 Å². The summed E-state index contributed by atoms with van der Waals surface area (Å²) in [6.07, 6.45) is 6.76. The Morgan fingerprint density at radius 2 is 2.00 bits per heavy atom. The second-order valence-electron chi connectivity index (χ2n) is 5.51. The van der Waals surface area contributed by atoms with E-state index in [1.54, 1.807) is 0 Å². The number of aryl methyl sites for hydroxylation is 1. The van der Waals surface area contributed by atoms with Crippen LogP contribution >= 0.6 is 0 Å². The van der Waals surface area contributed by atoms with E-state index in [2.05, 4.69) is 35.8 Å². The molecule has 2 nitrogen and oxygen atoms in total. The largest absolute Gasteiger partial charge is 0.385 e. The van der Waals surface area contributed by atoms with Crippen LogP contribution in [0.2, 0.25) is 0 Å². The van der Waals surface area contributed by atoms with Gasteiger partial charge in [0.25, 0.3) is 0 Å². The van der Waals surface area contributed by atoms with Crippen LogP contribution in [0.1, 0.15) is 49.3 Å². The van der Waals surface area contributed by atoms with Gasteiger partial charge in [-0.15, -0.1) is 0 Å². The summed E-state index contributed by atoms with van der Waals surface area (Å²) < 4.78 is 0. The van der Waals surface area contributed by atoms with Crippen molar-refractivity contribution in [1.29, 1.82) is 0 Å². The molecule has 92 valence electrons. The fourth-order valence-electron chi connectivity index (χ4n) is 3.18. The summed E-state index contributed by atoms with van der Waals surface area (Å²) in [7, 11) is 0. The standard InChI is InChI=1S/C15H22N2/c1-11-6-7-13-14(8-9-16-15(13)10-11)17-12-4-2-3-5-12/h6-7,10,12,14,16-17H,2-5,8-9H2,1H3. The van der Waals surface area contributed by atoms with Gasteiger partial charge in [-0.25, -0.2) is 0 Å². The lowest BCUT2D eigenvalue weighted by molar-refractivity contribution is 0.421. The first-order valence-electron chi connectivity index (χ1n) is 6.93. The van der Waals surface area contributed by atoms with Crippen LogP contribution in [0.4, 0.5) is 5.69 Å². The number of hydrogen-bond donors (Lipinski definition) is 2. The summed E-state index contributed by atoms with van der Waals surface area (Å²) >= 11 is 0. The molecule has 1 atom stereocenters. The topological polar surface area (TPSA) is 24.1 Å². The highest BCUT2D eigenvalue weighted by atomic mass is 15.0. The van der Waals surface area contributed by atoms with Crippen molar-refractivity contribution in [3.63, 3.8) is 0 Å². The average molecular weight is 230 g/mol. The van der Waals surface area contributed by atoms with E-state index in [1.807, 2.05) is 0 Å². The van der Waals surface area contributed by atoms with Crippen LogP contribution in [0.15, 0.2) is 18.2 Å².